The molecule has 3 atom stereocenters. The van der Waals surface area contributed by atoms with E-state index in [-0.39, 0.29) is 29.6 Å². The standard InChI is InChI=1S/C15H19N3O3/c1-7-13(16)10-5-11(15(20)21)17-6-12(10)18(8(2)19)14(7)9-3-4-9/h5-7,9,13-14H,3-4,16H2,1-2H3,(H,20,21). The first-order chi connectivity index (χ1) is 9.91. The number of aromatic carboxylic acids is 1. The van der Waals surface area contributed by atoms with E-state index in [1.165, 1.54) is 19.2 Å². The Morgan fingerprint density at radius 3 is 2.62 bits per heavy atom. The predicted octanol–water partition coefficient (Wildman–Crippen LogP) is 1.56. The molecule has 1 amide bonds. The van der Waals surface area contributed by atoms with Crippen LogP contribution < -0.4 is 10.6 Å². The van der Waals surface area contributed by atoms with Crippen molar-refractivity contribution < 1.29 is 14.7 Å². The number of carbonyl (C=O) groups is 2. The van der Waals surface area contributed by atoms with Crippen molar-refractivity contribution in [3.8, 4) is 0 Å². The molecule has 0 bridgehead atoms. The molecule has 2 heterocycles. The highest BCUT2D eigenvalue weighted by molar-refractivity contribution is 5.94. The van der Waals surface area contributed by atoms with Crippen LogP contribution in [0.25, 0.3) is 0 Å². The maximum absolute atomic E-state index is 12.1. The molecule has 1 saturated carbocycles. The molecule has 1 aliphatic carbocycles. The number of pyridine rings is 1. The first-order valence-electron chi connectivity index (χ1n) is 7.20. The van der Waals surface area contributed by atoms with Gasteiger partial charge in [-0.25, -0.2) is 9.78 Å². The van der Waals surface area contributed by atoms with E-state index in [9.17, 15) is 9.59 Å². The molecule has 1 aromatic heterocycles. The molecule has 3 rings (SSSR count). The van der Waals surface area contributed by atoms with Gasteiger partial charge in [-0.2, -0.15) is 0 Å². The van der Waals surface area contributed by atoms with Crippen LogP contribution in [0.15, 0.2) is 12.3 Å². The molecule has 0 aromatic carbocycles. The van der Waals surface area contributed by atoms with Gasteiger partial charge in [-0.05, 0) is 36.3 Å². The molecule has 6 heteroatoms. The maximum Gasteiger partial charge on any atom is 0.354 e. The van der Waals surface area contributed by atoms with E-state index in [1.807, 2.05) is 6.92 Å². The van der Waals surface area contributed by atoms with Crippen LogP contribution in [0.4, 0.5) is 5.69 Å². The monoisotopic (exact) mass is 289 g/mol. The number of fused-ring (bicyclic) bond motifs is 1. The number of amides is 1. The summed E-state index contributed by atoms with van der Waals surface area (Å²) < 4.78 is 0. The first-order valence-corrected chi connectivity index (χ1v) is 7.20. The molecule has 1 fully saturated rings. The van der Waals surface area contributed by atoms with Gasteiger partial charge in [0.2, 0.25) is 5.91 Å². The van der Waals surface area contributed by atoms with Crippen molar-refractivity contribution in [2.75, 3.05) is 4.90 Å². The van der Waals surface area contributed by atoms with E-state index >= 15 is 0 Å². The zero-order chi connectivity index (χ0) is 15.3. The summed E-state index contributed by atoms with van der Waals surface area (Å²) in [6.45, 7) is 3.57. The van der Waals surface area contributed by atoms with Gasteiger partial charge in [-0.1, -0.05) is 6.92 Å². The second-order valence-corrected chi connectivity index (χ2v) is 6.04. The minimum absolute atomic E-state index is 0.0372. The Hall–Kier alpha value is -1.95. The Kier molecular flexibility index (Phi) is 3.20. The molecule has 1 aromatic rings. The number of carboxylic acids is 1. The third-order valence-electron chi connectivity index (χ3n) is 4.60. The van der Waals surface area contributed by atoms with Gasteiger partial charge < -0.3 is 15.7 Å². The lowest BCUT2D eigenvalue weighted by molar-refractivity contribution is -0.117. The number of aromatic nitrogens is 1. The van der Waals surface area contributed by atoms with Gasteiger partial charge in [0.05, 0.1) is 11.9 Å². The second kappa shape index (κ2) is 4.80. The highest BCUT2D eigenvalue weighted by atomic mass is 16.4. The zero-order valence-electron chi connectivity index (χ0n) is 12.1. The Balaban J connectivity index is 2.13. The summed E-state index contributed by atoms with van der Waals surface area (Å²) in [5.74, 6) is -0.548. The van der Waals surface area contributed by atoms with Crippen molar-refractivity contribution in [3.05, 3.63) is 23.5 Å². The van der Waals surface area contributed by atoms with Crippen molar-refractivity contribution in [1.29, 1.82) is 0 Å². The summed E-state index contributed by atoms with van der Waals surface area (Å²) in [5, 5.41) is 9.08. The van der Waals surface area contributed by atoms with Crippen LogP contribution in [-0.2, 0) is 4.79 Å². The van der Waals surface area contributed by atoms with Crippen LogP contribution in [0.2, 0.25) is 0 Å². The fourth-order valence-electron chi connectivity index (χ4n) is 3.40. The van der Waals surface area contributed by atoms with E-state index in [1.54, 1.807) is 4.90 Å². The molecule has 21 heavy (non-hydrogen) atoms. The molecule has 0 radical (unpaired) electrons. The van der Waals surface area contributed by atoms with E-state index < -0.39 is 5.97 Å². The molecule has 3 unspecified atom stereocenters. The fraction of sp³-hybridized carbons (Fsp3) is 0.533. The van der Waals surface area contributed by atoms with Crippen LogP contribution in [0.3, 0.4) is 0 Å². The van der Waals surface area contributed by atoms with Gasteiger partial charge in [0, 0.05) is 19.0 Å². The number of anilines is 1. The third kappa shape index (κ3) is 2.19. The summed E-state index contributed by atoms with van der Waals surface area (Å²) in [6, 6.07) is 1.31. The molecule has 2 aliphatic rings. The number of hydrogen-bond donors (Lipinski definition) is 2. The lowest BCUT2D eigenvalue weighted by Crippen LogP contribution is -2.51. The Morgan fingerprint density at radius 2 is 2.10 bits per heavy atom. The fourth-order valence-corrected chi connectivity index (χ4v) is 3.40. The zero-order valence-corrected chi connectivity index (χ0v) is 12.1. The molecule has 0 spiro atoms. The van der Waals surface area contributed by atoms with Gasteiger partial charge in [-0.3, -0.25) is 4.79 Å². The van der Waals surface area contributed by atoms with Crippen LogP contribution in [0.1, 0.15) is 48.8 Å². The largest absolute Gasteiger partial charge is 0.477 e. The van der Waals surface area contributed by atoms with Gasteiger partial charge >= 0.3 is 5.97 Å². The summed E-state index contributed by atoms with van der Waals surface area (Å²) >= 11 is 0. The normalized spacial score (nSPS) is 28.1. The highest BCUT2D eigenvalue weighted by Gasteiger charge is 2.46. The van der Waals surface area contributed by atoms with Crippen molar-refractivity contribution in [2.24, 2.45) is 17.6 Å². The molecule has 112 valence electrons. The number of carbonyl (C=O) groups excluding carboxylic acids is 1. The topological polar surface area (TPSA) is 96.5 Å². The van der Waals surface area contributed by atoms with E-state index in [2.05, 4.69) is 4.98 Å². The van der Waals surface area contributed by atoms with E-state index in [4.69, 9.17) is 10.8 Å². The van der Waals surface area contributed by atoms with Gasteiger partial charge in [-0.15, -0.1) is 0 Å². The maximum atomic E-state index is 12.1. The quantitative estimate of drug-likeness (QED) is 0.861. The van der Waals surface area contributed by atoms with Gasteiger partial charge in [0.15, 0.2) is 0 Å². The predicted molar refractivity (Wildman–Crippen MR) is 77.0 cm³/mol. The van der Waals surface area contributed by atoms with Gasteiger partial charge in [0.1, 0.15) is 5.69 Å². The third-order valence-corrected chi connectivity index (χ3v) is 4.60. The molecule has 1 aliphatic heterocycles. The summed E-state index contributed by atoms with van der Waals surface area (Å²) in [7, 11) is 0. The number of nitrogens with two attached hydrogens (primary N) is 1. The minimum Gasteiger partial charge on any atom is -0.477 e. The Morgan fingerprint density at radius 1 is 1.43 bits per heavy atom. The summed E-state index contributed by atoms with van der Waals surface area (Å²) in [4.78, 5) is 28.9. The number of nitrogens with zero attached hydrogens (tertiary/aromatic N) is 2. The van der Waals surface area contributed by atoms with Crippen LogP contribution in [0.5, 0.6) is 0 Å². The average Bonchev–Trinajstić information content (AvgIpc) is 3.25. The Labute approximate surface area is 123 Å². The first kappa shape index (κ1) is 14.0. The summed E-state index contributed by atoms with van der Waals surface area (Å²) in [5.41, 5.74) is 7.64. The summed E-state index contributed by atoms with van der Waals surface area (Å²) in [6.07, 6.45) is 3.70. The van der Waals surface area contributed by atoms with Crippen molar-refractivity contribution in [1.82, 2.24) is 4.98 Å². The van der Waals surface area contributed by atoms with Crippen molar-refractivity contribution in [3.63, 3.8) is 0 Å². The van der Waals surface area contributed by atoms with Crippen LogP contribution >= 0.6 is 0 Å². The number of carboxylic acid groups (broad SMARTS) is 1. The Bertz CT molecular complexity index is 612. The minimum atomic E-state index is -1.09. The number of hydrogen-bond acceptors (Lipinski definition) is 4. The molecular weight excluding hydrogens is 270 g/mol. The lowest BCUT2D eigenvalue weighted by atomic mass is 9.81. The SMILES string of the molecule is CC(=O)N1c2cnc(C(=O)O)cc2C(N)C(C)C1C1CC1. The second-order valence-electron chi connectivity index (χ2n) is 6.04. The molecule has 3 N–H and O–H groups in total. The molecule has 0 saturated heterocycles. The van der Waals surface area contributed by atoms with Crippen molar-refractivity contribution >= 4 is 17.6 Å². The van der Waals surface area contributed by atoms with Gasteiger partial charge in [0.25, 0.3) is 0 Å². The smallest absolute Gasteiger partial charge is 0.354 e. The molecule has 6 nitrogen and oxygen atoms in total. The van der Waals surface area contributed by atoms with E-state index in [0.29, 0.717) is 17.2 Å². The number of rotatable bonds is 2. The van der Waals surface area contributed by atoms with Crippen molar-refractivity contribution in [2.45, 2.75) is 38.8 Å². The average molecular weight is 289 g/mol. The molecular formula is C15H19N3O3. The highest BCUT2D eigenvalue weighted by Crippen LogP contribution is 2.48. The van der Waals surface area contributed by atoms with E-state index in [0.717, 1.165) is 12.8 Å². The van der Waals surface area contributed by atoms with Crippen LogP contribution in [-0.4, -0.2) is 28.0 Å². The van der Waals surface area contributed by atoms with Crippen LogP contribution in [0, 0.1) is 11.8 Å². The lowest BCUT2D eigenvalue weighted by Gasteiger charge is -2.44.